The topological polar surface area (TPSA) is 163 Å². The predicted molar refractivity (Wildman–Crippen MR) is 153 cm³/mol. The number of carbonyl (C=O) groups excluding carboxylic acids is 2. The highest BCUT2D eigenvalue weighted by atomic mass is 16.2. The molecule has 0 aliphatic heterocycles. The maximum atomic E-state index is 13.4. The molecule has 1 aromatic heterocycles. The van der Waals surface area contributed by atoms with Crippen molar-refractivity contribution in [3.63, 3.8) is 0 Å². The molecule has 4 rings (SSSR count). The van der Waals surface area contributed by atoms with E-state index in [-0.39, 0.29) is 23.9 Å². The first-order valence-electron chi connectivity index (χ1n) is 13.2. The summed E-state index contributed by atoms with van der Waals surface area (Å²) >= 11 is 0. The molecule has 0 radical (unpaired) electrons. The van der Waals surface area contributed by atoms with Gasteiger partial charge in [-0.25, -0.2) is 0 Å². The van der Waals surface area contributed by atoms with Gasteiger partial charge in [0, 0.05) is 36.6 Å². The summed E-state index contributed by atoms with van der Waals surface area (Å²) in [6, 6.07) is 24.6. The number of aryl methyl sites for hydroxylation is 1. The second-order valence-electron chi connectivity index (χ2n) is 9.79. The molecule has 40 heavy (non-hydrogen) atoms. The van der Waals surface area contributed by atoms with E-state index in [1.807, 2.05) is 54.6 Å². The SMILES string of the molecule is C[C@H](CC(=O)[C@@H](CCc1ccccc1)NCc1ccc(-c2nn[nH]n2)cc1)C(=O)NCc1ccc(C(=N)N)cc1. The summed E-state index contributed by atoms with van der Waals surface area (Å²) in [5.41, 5.74) is 10.1. The number of nitrogen functional groups attached to an aromatic ring is 1. The Morgan fingerprint density at radius 2 is 1.60 bits per heavy atom. The number of carbonyl (C=O) groups is 2. The average Bonchev–Trinajstić information content (AvgIpc) is 3.52. The van der Waals surface area contributed by atoms with Crippen LogP contribution < -0.4 is 16.4 Å². The van der Waals surface area contributed by atoms with Crippen molar-refractivity contribution < 1.29 is 9.59 Å². The van der Waals surface area contributed by atoms with Gasteiger partial charge in [0.25, 0.3) is 0 Å². The normalized spacial score (nSPS) is 12.4. The quantitative estimate of drug-likeness (QED) is 0.122. The molecule has 10 heteroatoms. The lowest BCUT2D eigenvalue weighted by molar-refractivity contribution is -0.129. The van der Waals surface area contributed by atoms with E-state index in [9.17, 15) is 9.59 Å². The Kier molecular flexibility index (Phi) is 9.84. The monoisotopic (exact) mass is 538 g/mol. The summed E-state index contributed by atoms with van der Waals surface area (Å²) < 4.78 is 0. The van der Waals surface area contributed by atoms with Crippen LogP contribution in [0.1, 0.15) is 42.0 Å². The van der Waals surface area contributed by atoms with Gasteiger partial charge in [-0.05, 0) is 34.7 Å². The first-order valence-corrected chi connectivity index (χ1v) is 13.2. The molecule has 4 aromatic rings. The summed E-state index contributed by atoms with van der Waals surface area (Å²) in [5, 5.41) is 27.8. The number of benzene rings is 3. The van der Waals surface area contributed by atoms with E-state index < -0.39 is 12.0 Å². The third kappa shape index (κ3) is 8.15. The zero-order valence-electron chi connectivity index (χ0n) is 22.4. The van der Waals surface area contributed by atoms with Crippen LogP contribution in [0.2, 0.25) is 0 Å². The lowest BCUT2D eigenvalue weighted by Gasteiger charge is -2.20. The first kappa shape index (κ1) is 28.3. The van der Waals surface area contributed by atoms with Gasteiger partial charge in [-0.1, -0.05) is 85.8 Å². The number of Topliss-reactive ketones (excluding diaryl/α,β-unsaturated/α-hetero) is 1. The van der Waals surface area contributed by atoms with Crippen molar-refractivity contribution in [2.45, 2.75) is 45.3 Å². The molecule has 0 unspecified atom stereocenters. The zero-order valence-corrected chi connectivity index (χ0v) is 22.4. The highest BCUT2D eigenvalue weighted by molar-refractivity contribution is 5.95. The van der Waals surface area contributed by atoms with Gasteiger partial charge >= 0.3 is 0 Å². The van der Waals surface area contributed by atoms with Crippen LogP contribution in [0.5, 0.6) is 0 Å². The maximum absolute atomic E-state index is 13.4. The maximum Gasteiger partial charge on any atom is 0.223 e. The summed E-state index contributed by atoms with van der Waals surface area (Å²) in [4.78, 5) is 26.2. The Balaban J connectivity index is 1.34. The van der Waals surface area contributed by atoms with Crippen LogP contribution in [0.4, 0.5) is 0 Å². The van der Waals surface area contributed by atoms with Crippen molar-refractivity contribution in [1.82, 2.24) is 31.3 Å². The minimum absolute atomic E-state index is 0.000910. The summed E-state index contributed by atoms with van der Waals surface area (Å²) in [6.45, 7) is 2.62. The number of nitrogens with one attached hydrogen (secondary N) is 4. The number of H-pyrrole nitrogens is 1. The zero-order chi connectivity index (χ0) is 28.3. The molecular formula is C30H34N8O2. The Bertz CT molecular complexity index is 1390. The number of amides is 1. The van der Waals surface area contributed by atoms with Crippen LogP contribution in [0.15, 0.2) is 78.9 Å². The van der Waals surface area contributed by atoms with Gasteiger partial charge in [0.05, 0.1) is 6.04 Å². The first-order chi connectivity index (χ1) is 19.4. The van der Waals surface area contributed by atoms with Gasteiger partial charge in [-0.15, -0.1) is 10.2 Å². The molecule has 3 aromatic carbocycles. The molecule has 0 saturated heterocycles. The standard InChI is InChI=1S/C30H34N8O2/c1-20(30(40)34-19-23-7-12-24(13-8-23)28(31)32)17-27(39)26(16-11-21-5-3-2-4-6-21)33-18-22-9-14-25(15-10-22)29-35-37-38-36-29/h2-10,12-15,20,26,33H,11,16-19H2,1H3,(H3,31,32)(H,34,40)(H,35,36,37,38)/t20-,26-/m1/s1. The third-order valence-corrected chi connectivity index (χ3v) is 6.75. The highest BCUT2D eigenvalue weighted by Crippen LogP contribution is 2.16. The molecule has 0 aliphatic carbocycles. The van der Waals surface area contributed by atoms with Gasteiger partial charge in [0.1, 0.15) is 5.84 Å². The molecule has 0 bridgehead atoms. The molecule has 1 amide bonds. The number of tetrazole rings is 1. The van der Waals surface area contributed by atoms with Crippen molar-refractivity contribution in [2.24, 2.45) is 11.7 Å². The van der Waals surface area contributed by atoms with Crippen LogP contribution in [0.3, 0.4) is 0 Å². The molecule has 0 fully saturated rings. The molecule has 6 N–H and O–H groups in total. The number of nitrogens with two attached hydrogens (primary N) is 1. The van der Waals surface area contributed by atoms with E-state index in [0.717, 1.165) is 28.7 Å². The number of aromatic nitrogens is 4. The number of hydrogen-bond donors (Lipinski definition) is 5. The van der Waals surface area contributed by atoms with Crippen LogP contribution in [0.25, 0.3) is 11.4 Å². The van der Waals surface area contributed by atoms with E-state index in [4.69, 9.17) is 11.1 Å². The van der Waals surface area contributed by atoms with Crippen molar-refractivity contribution in [3.05, 3.63) is 101 Å². The van der Waals surface area contributed by atoms with Crippen molar-refractivity contribution in [3.8, 4) is 11.4 Å². The largest absolute Gasteiger partial charge is 0.384 e. The van der Waals surface area contributed by atoms with Crippen LogP contribution >= 0.6 is 0 Å². The third-order valence-electron chi connectivity index (χ3n) is 6.75. The summed E-state index contributed by atoms with van der Waals surface area (Å²) in [5.74, 6) is -0.121. The Morgan fingerprint density at radius 1 is 0.925 bits per heavy atom. The second-order valence-corrected chi connectivity index (χ2v) is 9.79. The average molecular weight is 539 g/mol. The van der Waals surface area contributed by atoms with Crippen molar-refractivity contribution >= 4 is 17.5 Å². The number of ketones is 1. The van der Waals surface area contributed by atoms with Gasteiger partial charge in [-0.2, -0.15) is 5.21 Å². The number of rotatable bonds is 14. The summed E-state index contributed by atoms with van der Waals surface area (Å²) in [6.07, 6.45) is 1.51. The molecule has 206 valence electrons. The minimum Gasteiger partial charge on any atom is -0.384 e. The fourth-order valence-corrected chi connectivity index (χ4v) is 4.33. The van der Waals surface area contributed by atoms with E-state index in [1.54, 1.807) is 19.1 Å². The summed E-state index contributed by atoms with van der Waals surface area (Å²) in [7, 11) is 0. The Morgan fingerprint density at radius 3 is 2.25 bits per heavy atom. The van der Waals surface area contributed by atoms with E-state index >= 15 is 0 Å². The lowest BCUT2D eigenvalue weighted by Crippen LogP contribution is -2.39. The number of amidine groups is 1. The van der Waals surface area contributed by atoms with Crippen LogP contribution in [-0.2, 0) is 29.1 Å². The fourth-order valence-electron chi connectivity index (χ4n) is 4.33. The van der Waals surface area contributed by atoms with E-state index in [1.165, 1.54) is 0 Å². The molecule has 10 nitrogen and oxygen atoms in total. The van der Waals surface area contributed by atoms with Crippen LogP contribution in [0, 0.1) is 11.3 Å². The molecule has 0 spiro atoms. The molecule has 0 aliphatic rings. The Labute approximate surface area is 233 Å². The highest BCUT2D eigenvalue weighted by Gasteiger charge is 2.23. The number of nitrogens with zero attached hydrogens (tertiary/aromatic N) is 3. The fraction of sp³-hybridized carbons (Fsp3) is 0.267. The van der Waals surface area contributed by atoms with Gasteiger partial charge in [0.15, 0.2) is 5.78 Å². The van der Waals surface area contributed by atoms with Gasteiger partial charge in [0.2, 0.25) is 11.7 Å². The van der Waals surface area contributed by atoms with Crippen molar-refractivity contribution in [1.29, 1.82) is 5.41 Å². The van der Waals surface area contributed by atoms with Gasteiger partial charge in [-0.3, -0.25) is 15.0 Å². The van der Waals surface area contributed by atoms with E-state index in [0.29, 0.717) is 30.9 Å². The number of hydrogen-bond acceptors (Lipinski definition) is 7. The van der Waals surface area contributed by atoms with Crippen molar-refractivity contribution in [2.75, 3.05) is 0 Å². The Hall–Kier alpha value is -4.70. The van der Waals surface area contributed by atoms with Gasteiger partial charge < -0.3 is 16.4 Å². The number of aromatic amines is 1. The molecular weight excluding hydrogens is 504 g/mol. The van der Waals surface area contributed by atoms with Crippen LogP contribution in [-0.4, -0.2) is 44.2 Å². The molecule has 1 heterocycles. The lowest BCUT2D eigenvalue weighted by atomic mass is 9.95. The minimum atomic E-state index is -0.473. The predicted octanol–water partition coefficient (Wildman–Crippen LogP) is 3.15. The smallest absolute Gasteiger partial charge is 0.223 e. The van der Waals surface area contributed by atoms with E-state index in [2.05, 4.69) is 43.4 Å². The molecule has 0 saturated carbocycles. The molecule has 2 atom stereocenters. The second kappa shape index (κ2) is 13.9.